The molecule has 2 atom stereocenters. The van der Waals surface area contributed by atoms with Gasteiger partial charge in [0.05, 0.1) is 24.0 Å². The van der Waals surface area contributed by atoms with Crippen LogP contribution in [0.2, 0.25) is 4.47 Å². The van der Waals surface area contributed by atoms with Crippen LogP contribution in [0.25, 0.3) is 0 Å². The maximum absolute atomic E-state index is 11.6. The lowest BCUT2D eigenvalue weighted by molar-refractivity contribution is -0.439. The topological polar surface area (TPSA) is 71.7 Å². The lowest BCUT2D eigenvalue weighted by Crippen LogP contribution is -2.43. The van der Waals surface area contributed by atoms with Crippen LogP contribution in [0.3, 0.4) is 0 Å². The molecule has 0 radical (unpaired) electrons. The van der Waals surface area contributed by atoms with Crippen LogP contribution in [0.1, 0.15) is 18.2 Å². The molecule has 3 heterocycles. The summed E-state index contributed by atoms with van der Waals surface area (Å²) in [7, 11) is 0. The van der Waals surface area contributed by atoms with E-state index in [1.807, 2.05) is 16.7 Å². The van der Waals surface area contributed by atoms with Gasteiger partial charge in [0.25, 0.3) is 5.70 Å². The van der Waals surface area contributed by atoms with E-state index >= 15 is 0 Å². The molecule has 0 N–H and O–H groups in total. The third-order valence-electron chi connectivity index (χ3n) is 4.24. The van der Waals surface area contributed by atoms with E-state index in [9.17, 15) is 10.1 Å². The molecule has 2 unspecified atom stereocenters. The van der Waals surface area contributed by atoms with E-state index in [1.54, 1.807) is 6.20 Å². The minimum absolute atomic E-state index is 0.174. The van der Waals surface area contributed by atoms with Crippen LogP contribution in [0.15, 0.2) is 17.7 Å². The molecule has 1 fully saturated rings. The molecule has 3 rings (SSSR count). The second kappa shape index (κ2) is 7.43. The highest BCUT2D eigenvalue weighted by molar-refractivity contribution is 7.15. The van der Waals surface area contributed by atoms with E-state index in [0.717, 1.165) is 4.88 Å². The van der Waals surface area contributed by atoms with Crippen LogP contribution >= 0.6 is 34.5 Å². The Hall–Kier alpha value is -1.09. The molecule has 10 heteroatoms. The number of thiazole rings is 1. The molecule has 2 aliphatic heterocycles. The van der Waals surface area contributed by atoms with E-state index in [2.05, 4.69) is 4.98 Å². The molecule has 0 aliphatic carbocycles. The second-order valence-electron chi connectivity index (χ2n) is 5.81. The summed E-state index contributed by atoms with van der Waals surface area (Å²) >= 11 is 13.0. The number of aromatic nitrogens is 1. The molecule has 1 aromatic rings. The first-order chi connectivity index (χ1) is 11.5. The van der Waals surface area contributed by atoms with Gasteiger partial charge in [-0.3, -0.25) is 10.1 Å². The Morgan fingerprint density at radius 2 is 2.33 bits per heavy atom. The Labute approximate surface area is 153 Å². The zero-order chi connectivity index (χ0) is 17.3. The van der Waals surface area contributed by atoms with Gasteiger partial charge in [-0.25, -0.2) is 4.98 Å². The molecule has 0 aromatic carbocycles. The molecule has 24 heavy (non-hydrogen) atoms. The molecule has 2 aliphatic rings. The van der Waals surface area contributed by atoms with Gasteiger partial charge < -0.3 is 14.5 Å². The molecule has 1 saturated heterocycles. The van der Waals surface area contributed by atoms with Gasteiger partial charge in [-0.15, -0.1) is 22.9 Å². The normalized spacial score (nSPS) is 23.8. The predicted octanol–water partition coefficient (Wildman–Crippen LogP) is 2.98. The minimum Gasteiger partial charge on any atom is -0.357 e. The number of hydrogen-bond donors (Lipinski definition) is 0. The number of halogens is 2. The lowest BCUT2D eigenvalue weighted by atomic mass is 9.98. The fourth-order valence-electron chi connectivity index (χ4n) is 3.27. The van der Waals surface area contributed by atoms with Gasteiger partial charge in [0.15, 0.2) is 10.3 Å². The summed E-state index contributed by atoms with van der Waals surface area (Å²) in [5.41, 5.74) is 0.258. The van der Waals surface area contributed by atoms with E-state index in [0.29, 0.717) is 48.8 Å². The summed E-state index contributed by atoms with van der Waals surface area (Å²) in [5, 5.41) is 11.6. The standard InChI is InChI=1S/C14H18Cl2N4O3S/c1-9-6-11(23-5-2-15)19-4-3-18(13(19)12(9)20(21)22)8-10-7-17-14(16)24-10/h7,9,11H,2-6,8H2,1H3. The monoisotopic (exact) mass is 392 g/mol. The summed E-state index contributed by atoms with van der Waals surface area (Å²) in [6.07, 6.45) is 2.14. The van der Waals surface area contributed by atoms with Gasteiger partial charge in [-0.1, -0.05) is 18.5 Å². The Kier molecular flexibility index (Phi) is 5.49. The first-order valence-corrected chi connectivity index (χ1v) is 9.42. The second-order valence-corrected chi connectivity index (χ2v) is 7.89. The number of alkyl halides is 1. The van der Waals surface area contributed by atoms with Crippen molar-refractivity contribution in [2.45, 2.75) is 26.1 Å². The highest BCUT2D eigenvalue weighted by atomic mass is 35.5. The van der Waals surface area contributed by atoms with Crippen molar-refractivity contribution >= 4 is 34.5 Å². The summed E-state index contributed by atoms with van der Waals surface area (Å²) in [4.78, 5) is 20.4. The highest BCUT2D eigenvalue weighted by Crippen LogP contribution is 2.38. The SMILES string of the molecule is CC1CC(OCCCl)N2CCN(Cc3cnc(Cl)s3)C2=C1[N+](=O)[O-]. The molecule has 1 aromatic heterocycles. The molecule has 7 nitrogen and oxygen atoms in total. The van der Waals surface area contributed by atoms with Crippen LogP contribution < -0.4 is 0 Å². The van der Waals surface area contributed by atoms with Gasteiger partial charge in [-0.2, -0.15) is 0 Å². The fourth-order valence-corrected chi connectivity index (χ4v) is 4.35. The van der Waals surface area contributed by atoms with Gasteiger partial charge in [0.2, 0.25) is 0 Å². The molecule has 0 saturated carbocycles. The molecule has 0 bridgehead atoms. The lowest BCUT2D eigenvalue weighted by Gasteiger charge is -2.36. The van der Waals surface area contributed by atoms with Crippen molar-refractivity contribution in [2.75, 3.05) is 25.6 Å². The largest absolute Gasteiger partial charge is 0.357 e. The van der Waals surface area contributed by atoms with Gasteiger partial charge in [0.1, 0.15) is 6.23 Å². The van der Waals surface area contributed by atoms with Crippen LogP contribution in [0.5, 0.6) is 0 Å². The van der Waals surface area contributed by atoms with E-state index in [4.69, 9.17) is 27.9 Å². The number of hydrogen-bond acceptors (Lipinski definition) is 7. The number of ether oxygens (including phenoxy) is 1. The third kappa shape index (κ3) is 3.46. The Morgan fingerprint density at radius 3 is 2.96 bits per heavy atom. The van der Waals surface area contributed by atoms with Gasteiger partial charge >= 0.3 is 0 Å². The van der Waals surface area contributed by atoms with Crippen molar-refractivity contribution in [3.63, 3.8) is 0 Å². The first-order valence-electron chi connectivity index (χ1n) is 7.69. The fraction of sp³-hybridized carbons (Fsp3) is 0.643. The molecule has 0 amide bonds. The summed E-state index contributed by atoms with van der Waals surface area (Å²) in [6, 6.07) is 0. The number of nitro groups is 1. The van der Waals surface area contributed by atoms with Crippen LogP contribution in [-0.2, 0) is 11.3 Å². The number of fused-ring (bicyclic) bond motifs is 1. The summed E-state index contributed by atoms with van der Waals surface area (Å²) in [5.74, 6) is 0.878. The van der Waals surface area contributed by atoms with E-state index in [1.165, 1.54) is 11.3 Å². The van der Waals surface area contributed by atoms with Crippen molar-refractivity contribution in [1.82, 2.24) is 14.8 Å². The maximum Gasteiger partial charge on any atom is 0.289 e. The number of nitrogens with zero attached hydrogens (tertiary/aromatic N) is 4. The molecule has 132 valence electrons. The smallest absolute Gasteiger partial charge is 0.289 e. The zero-order valence-electron chi connectivity index (χ0n) is 13.2. The third-order valence-corrected chi connectivity index (χ3v) is 5.49. The average molecular weight is 393 g/mol. The molecule has 0 spiro atoms. The van der Waals surface area contributed by atoms with Crippen molar-refractivity contribution in [1.29, 1.82) is 0 Å². The molecular weight excluding hydrogens is 375 g/mol. The first kappa shape index (κ1) is 17.7. The highest BCUT2D eigenvalue weighted by Gasteiger charge is 2.45. The zero-order valence-corrected chi connectivity index (χ0v) is 15.5. The van der Waals surface area contributed by atoms with E-state index < -0.39 is 0 Å². The number of allylic oxidation sites excluding steroid dienone is 1. The Bertz CT molecular complexity index is 654. The average Bonchev–Trinajstić information content (AvgIpc) is 3.12. The van der Waals surface area contributed by atoms with Crippen LogP contribution in [0.4, 0.5) is 0 Å². The van der Waals surface area contributed by atoms with Gasteiger partial charge in [-0.05, 0) is 0 Å². The Balaban J connectivity index is 1.89. The quantitative estimate of drug-likeness (QED) is 0.420. The maximum atomic E-state index is 11.6. The summed E-state index contributed by atoms with van der Waals surface area (Å²) in [6.45, 7) is 4.26. The van der Waals surface area contributed by atoms with Gasteiger partial charge in [0, 0.05) is 36.5 Å². The minimum atomic E-state index is -0.261. The molecular formula is C14H18Cl2N4O3S. The van der Waals surface area contributed by atoms with Crippen molar-refractivity contribution in [3.05, 3.63) is 37.2 Å². The van der Waals surface area contributed by atoms with Crippen LogP contribution in [0, 0.1) is 16.0 Å². The van der Waals surface area contributed by atoms with Crippen molar-refractivity contribution < 1.29 is 9.66 Å². The van der Waals surface area contributed by atoms with Crippen molar-refractivity contribution in [2.24, 2.45) is 5.92 Å². The van der Waals surface area contributed by atoms with E-state index in [-0.39, 0.29) is 22.8 Å². The number of rotatable bonds is 6. The summed E-state index contributed by atoms with van der Waals surface area (Å²) < 4.78 is 6.30. The Morgan fingerprint density at radius 1 is 1.54 bits per heavy atom. The van der Waals surface area contributed by atoms with Crippen LogP contribution in [-0.4, -0.2) is 51.5 Å². The van der Waals surface area contributed by atoms with Crippen molar-refractivity contribution in [3.8, 4) is 0 Å². The predicted molar refractivity (Wildman–Crippen MR) is 92.5 cm³/mol.